The normalized spacial score (nSPS) is 9.45. The summed E-state index contributed by atoms with van der Waals surface area (Å²) in [6.07, 6.45) is 5.28. The van der Waals surface area contributed by atoms with Gasteiger partial charge in [-0.3, -0.25) is 9.48 Å². The maximum absolute atomic E-state index is 9.83. The van der Waals surface area contributed by atoms with E-state index in [0.717, 1.165) is 13.0 Å². The van der Waals surface area contributed by atoms with Crippen LogP contribution in [0.3, 0.4) is 0 Å². The first kappa shape index (κ1) is 7.78. The monoisotopic (exact) mass is 153 g/mol. The van der Waals surface area contributed by atoms with Crippen molar-refractivity contribution in [1.82, 2.24) is 15.1 Å². The van der Waals surface area contributed by atoms with Crippen molar-refractivity contribution < 1.29 is 4.79 Å². The maximum Gasteiger partial charge on any atom is 0.207 e. The Balaban J connectivity index is 2.09. The second-order valence-electron chi connectivity index (χ2n) is 2.19. The van der Waals surface area contributed by atoms with Crippen LogP contribution in [-0.4, -0.2) is 22.7 Å². The smallest absolute Gasteiger partial charge is 0.207 e. The van der Waals surface area contributed by atoms with Crippen molar-refractivity contribution in [2.45, 2.75) is 13.0 Å². The van der Waals surface area contributed by atoms with Gasteiger partial charge in [-0.15, -0.1) is 0 Å². The van der Waals surface area contributed by atoms with Crippen molar-refractivity contribution in [2.75, 3.05) is 6.54 Å². The molecule has 0 radical (unpaired) electrons. The molecule has 0 aliphatic carbocycles. The van der Waals surface area contributed by atoms with Gasteiger partial charge in [0.2, 0.25) is 6.41 Å². The number of carbonyl (C=O) groups is 1. The van der Waals surface area contributed by atoms with E-state index in [1.54, 1.807) is 6.20 Å². The Kier molecular flexibility index (Phi) is 3.18. The number of carbonyl (C=O) groups excluding carboxylic acids is 1. The van der Waals surface area contributed by atoms with Gasteiger partial charge in [0, 0.05) is 25.5 Å². The summed E-state index contributed by atoms with van der Waals surface area (Å²) in [5.41, 5.74) is 0. The number of aryl methyl sites for hydroxylation is 1. The summed E-state index contributed by atoms with van der Waals surface area (Å²) in [6.45, 7) is 1.57. The van der Waals surface area contributed by atoms with Crippen molar-refractivity contribution in [2.24, 2.45) is 0 Å². The van der Waals surface area contributed by atoms with Crippen LogP contribution in [0.5, 0.6) is 0 Å². The topological polar surface area (TPSA) is 46.9 Å². The third-order valence-electron chi connectivity index (χ3n) is 1.35. The summed E-state index contributed by atoms with van der Waals surface area (Å²) >= 11 is 0. The summed E-state index contributed by atoms with van der Waals surface area (Å²) in [5, 5.41) is 6.60. The van der Waals surface area contributed by atoms with Crippen molar-refractivity contribution in [3.63, 3.8) is 0 Å². The molecule has 11 heavy (non-hydrogen) atoms. The van der Waals surface area contributed by atoms with Crippen LogP contribution >= 0.6 is 0 Å². The van der Waals surface area contributed by atoms with Crippen LogP contribution in [0.2, 0.25) is 0 Å². The number of nitrogens with one attached hydrogen (secondary N) is 1. The molecule has 0 spiro atoms. The molecule has 1 aromatic rings. The molecule has 1 aromatic heterocycles. The first-order valence-corrected chi connectivity index (χ1v) is 3.58. The number of hydrogen-bond donors (Lipinski definition) is 1. The van der Waals surface area contributed by atoms with Gasteiger partial charge in [-0.1, -0.05) is 0 Å². The van der Waals surface area contributed by atoms with Crippen LogP contribution in [0.1, 0.15) is 6.42 Å². The molecule has 1 amide bonds. The molecule has 0 aliphatic rings. The Hall–Kier alpha value is -1.32. The summed E-state index contributed by atoms with van der Waals surface area (Å²) in [6, 6.07) is 1.88. The van der Waals surface area contributed by atoms with E-state index >= 15 is 0 Å². The average Bonchev–Trinajstić information content (AvgIpc) is 2.50. The molecular formula is C7H11N3O. The molecule has 0 saturated heterocycles. The number of nitrogens with zero attached hydrogens (tertiary/aromatic N) is 2. The van der Waals surface area contributed by atoms with Crippen LogP contribution in [0.25, 0.3) is 0 Å². The molecule has 1 N–H and O–H groups in total. The van der Waals surface area contributed by atoms with Crippen molar-refractivity contribution in [3.8, 4) is 0 Å². The second-order valence-corrected chi connectivity index (χ2v) is 2.19. The van der Waals surface area contributed by atoms with Gasteiger partial charge in [0.25, 0.3) is 0 Å². The van der Waals surface area contributed by atoms with E-state index in [-0.39, 0.29) is 0 Å². The van der Waals surface area contributed by atoms with E-state index in [2.05, 4.69) is 10.4 Å². The zero-order valence-corrected chi connectivity index (χ0v) is 6.23. The molecule has 1 rings (SSSR count). The fourth-order valence-corrected chi connectivity index (χ4v) is 0.835. The molecule has 1 heterocycles. The lowest BCUT2D eigenvalue weighted by molar-refractivity contribution is -0.109. The molecule has 0 saturated carbocycles. The van der Waals surface area contributed by atoms with Crippen molar-refractivity contribution in [1.29, 1.82) is 0 Å². The first-order valence-electron chi connectivity index (χ1n) is 3.58. The zero-order valence-electron chi connectivity index (χ0n) is 6.23. The van der Waals surface area contributed by atoms with E-state index in [4.69, 9.17) is 0 Å². The summed E-state index contributed by atoms with van der Waals surface area (Å²) in [5.74, 6) is 0. The maximum atomic E-state index is 9.83. The number of amides is 1. The minimum absolute atomic E-state index is 0.711. The molecule has 0 atom stereocenters. The molecule has 4 nitrogen and oxygen atoms in total. The Morgan fingerprint density at radius 1 is 1.64 bits per heavy atom. The predicted octanol–water partition coefficient (Wildman–Crippen LogP) is 0.0192. The van der Waals surface area contributed by atoms with Gasteiger partial charge in [-0.2, -0.15) is 5.10 Å². The second kappa shape index (κ2) is 4.49. The van der Waals surface area contributed by atoms with Gasteiger partial charge < -0.3 is 5.32 Å². The van der Waals surface area contributed by atoms with Gasteiger partial charge in [-0.25, -0.2) is 0 Å². The lowest BCUT2D eigenvalue weighted by atomic mass is 10.4. The average molecular weight is 153 g/mol. The van der Waals surface area contributed by atoms with Crippen molar-refractivity contribution >= 4 is 6.41 Å². The van der Waals surface area contributed by atoms with Crippen LogP contribution in [0, 0.1) is 0 Å². The fourth-order valence-electron chi connectivity index (χ4n) is 0.835. The molecule has 0 fully saturated rings. The molecular weight excluding hydrogens is 142 g/mol. The van der Waals surface area contributed by atoms with E-state index in [9.17, 15) is 4.79 Å². The van der Waals surface area contributed by atoms with E-state index < -0.39 is 0 Å². The van der Waals surface area contributed by atoms with Crippen LogP contribution in [-0.2, 0) is 11.3 Å². The van der Waals surface area contributed by atoms with Crippen LogP contribution in [0.4, 0.5) is 0 Å². The molecule has 0 aromatic carbocycles. The van der Waals surface area contributed by atoms with E-state index in [1.807, 2.05) is 16.9 Å². The molecule has 60 valence electrons. The lowest BCUT2D eigenvalue weighted by Crippen LogP contribution is -2.14. The van der Waals surface area contributed by atoms with Gasteiger partial charge in [0.05, 0.1) is 0 Å². The Bertz CT molecular complexity index is 195. The SMILES string of the molecule is O=CNCCCn1cccn1. The van der Waals surface area contributed by atoms with Crippen LogP contribution < -0.4 is 5.32 Å². The quantitative estimate of drug-likeness (QED) is 0.479. The molecule has 0 bridgehead atoms. The van der Waals surface area contributed by atoms with Gasteiger partial charge in [-0.05, 0) is 12.5 Å². The van der Waals surface area contributed by atoms with Crippen molar-refractivity contribution in [3.05, 3.63) is 18.5 Å². The Morgan fingerprint density at radius 3 is 3.18 bits per heavy atom. The highest BCUT2D eigenvalue weighted by molar-refractivity contribution is 5.45. The lowest BCUT2D eigenvalue weighted by Gasteiger charge is -1.99. The van der Waals surface area contributed by atoms with E-state index in [1.165, 1.54) is 0 Å². The van der Waals surface area contributed by atoms with Crippen LogP contribution in [0.15, 0.2) is 18.5 Å². The third kappa shape index (κ3) is 2.84. The first-order chi connectivity index (χ1) is 5.43. The standard InChI is InChI=1S/C7H11N3O/c11-7-8-3-1-5-10-6-2-4-9-10/h2,4,6-7H,1,3,5H2,(H,8,11). The Labute approximate surface area is 65.2 Å². The minimum atomic E-state index is 0.711. The highest BCUT2D eigenvalue weighted by Gasteiger charge is 1.88. The molecule has 4 heteroatoms. The number of rotatable bonds is 5. The number of aromatic nitrogens is 2. The highest BCUT2D eigenvalue weighted by atomic mass is 16.1. The summed E-state index contributed by atoms with van der Waals surface area (Å²) in [4.78, 5) is 9.83. The van der Waals surface area contributed by atoms with Gasteiger partial charge in [0.1, 0.15) is 0 Å². The van der Waals surface area contributed by atoms with Gasteiger partial charge >= 0.3 is 0 Å². The minimum Gasteiger partial charge on any atom is -0.359 e. The third-order valence-corrected chi connectivity index (χ3v) is 1.35. The molecule has 0 aliphatic heterocycles. The number of hydrogen-bond acceptors (Lipinski definition) is 2. The highest BCUT2D eigenvalue weighted by Crippen LogP contribution is 1.86. The summed E-state index contributed by atoms with van der Waals surface area (Å²) in [7, 11) is 0. The van der Waals surface area contributed by atoms with E-state index in [0.29, 0.717) is 13.0 Å². The predicted molar refractivity (Wildman–Crippen MR) is 40.9 cm³/mol. The zero-order chi connectivity index (χ0) is 7.94. The largest absolute Gasteiger partial charge is 0.359 e. The fraction of sp³-hybridized carbons (Fsp3) is 0.429. The summed E-state index contributed by atoms with van der Waals surface area (Å²) < 4.78 is 1.84. The Morgan fingerprint density at radius 2 is 2.55 bits per heavy atom. The van der Waals surface area contributed by atoms with Gasteiger partial charge in [0.15, 0.2) is 0 Å². The molecule has 0 unspecified atom stereocenters.